The molecule has 0 aliphatic rings. The zero-order valence-corrected chi connectivity index (χ0v) is 7.07. The molecule has 0 rings (SSSR count). The van der Waals surface area contributed by atoms with E-state index in [4.69, 9.17) is 15.6 Å². The molecule has 11 heavy (non-hydrogen) atoms. The fourth-order valence-electron chi connectivity index (χ4n) is 0.285. The van der Waals surface area contributed by atoms with Crippen molar-refractivity contribution in [2.45, 2.75) is 26.8 Å². The highest BCUT2D eigenvalue weighted by atomic mass is 16.4. The number of nitrogens with two attached hydrogens (primary N) is 1. The molecule has 0 aliphatic heterocycles. The Morgan fingerprint density at radius 3 is 1.82 bits per heavy atom. The maximum atomic E-state index is 10.0. The fraction of sp³-hybridized carbons (Fsp3) is 0.714. The Balaban J connectivity index is 0. The van der Waals surface area contributed by atoms with Gasteiger partial charge in [-0.2, -0.15) is 0 Å². The predicted molar refractivity (Wildman–Crippen MR) is 42.2 cm³/mol. The summed E-state index contributed by atoms with van der Waals surface area (Å²) in [5.41, 5.74) is 5.16. The molecule has 0 aliphatic carbocycles. The van der Waals surface area contributed by atoms with Gasteiger partial charge in [-0.1, -0.05) is 13.8 Å². The Bertz CT molecular complexity index is 123. The number of carboxylic acids is 1. The first-order valence-electron chi connectivity index (χ1n) is 3.35. The smallest absolute Gasteiger partial charge is 0.320 e. The largest absolute Gasteiger partial charge is 0.480 e. The molecule has 0 saturated carbocycles. The van der Waals surface area contributed by atoms with E-state index in [-0.39, 0.29) is 5.92 Å². The summed E-state index contributed by atoms with van der Waals surface area (Å²) in [6.45, 7) is 5.00. The lowest BCUT2D eigenvalue weighted by atomic mass is 10.1. The quantitative estimate of drug-likeness (QED) is 0.569. The number of hydrogen-bond acceptors (Lipinski definition) is 3. The lowest BCUT2D eigenvalue weighted by Gasteiger charge is -2.07. The summed E-state index contributed by atoms with van der Waals surface area (Å²) in [6, 6.07) is -0.713. The molecule has 3 N–H and O–H groups in total. The van der Waals surface area contributed by atoms with E-state index in [9.17, 15) is 4.79 Å². The van der Waals surface area contributed by atoms with Crippen molar-refractivity contribution in [2.75, 3.05) is 0 Å². The van der Waals surface area contributed by atoms with Crippen molar-refractivity contribution >= 4 is 12.3 Å². The van der Waals surface area contributed by atoms with Crippen molar-refractivity contribution < 1.29 is 14.7 Å². The molecule has 4 nitrogen and oxygen atoms in total. The summed E-state index contributed by atoms with van der Waals surface area (Å²) < 4.78 is 0. The first-order chi connectivity index (χ1) is 4.97. The van der Waals surface area contributed by atoms with Gasteiger partial charge in [-0.05, 0) is 12.8 Å². The van der Waals surface area contributed by atoms with Crippen LogP contribution in [0.4, 0.5) is 0 Å². The van der Waals surface area contributed by atoms with Gasteiger partial charge in [-0.15, -0.1) is 0 Å². The summed E-state index contributed by atoms with van der Waals surface area (Å²) in [7, 11) is 0. The van der Waals surface area contributed by atoms with Crippen molar-refractivity contribution in [1.82, 2.24) is 0 Å². The van der Waals surface area contributed by atoms with Gasteiger partial charge in [0.15, 0.2) is 0 Å². The molecule has 4 heteroatoms. The summed E-state index contributed by atoms with van der Waals surface area (Å²) in [4.78, 5) is 18.8. The molecule has 0 spiro atoms. The van der Waals surface area contributed by atoms with Crippen molar-refractivity contribution in [1.29, 1.82) is 0 Å². The number of carbonyl (C=O) groups excluding carboxylic acids is 1. The second-order valence-electron chi connectivity index (χ2n) is 2.34. The Labute approximate surface area is 66.4 Å². The van der Waals surface area contributed by atoms with Crippen molar-refractivity contribution in [3.8, 4) is 0 Å². The molecule has 0 fully saturated rings. The third kappa shape index (κ3) is 9.10. The lowest BCUT2D eigenvalue weighted by Crippen LogP contribution is -2.34. The van der Waals surface area contributed by atoms with Crippen LogP contribution in [0.15, 0.2) is 0 Å². The van der Waals surface area contributed by atoms with Gasteiger partial charge in [0, 0.05) is 0 Å². The molecule has 66 valence electrons. The van der Waals surface area contributed by atoms with Crippen LogP contribution in [-0.4, -0.2) is 23.4 Å². The van der Waals surface area contributed by atoms with E-state index >= 15 is 0 Å². The SMILES string of the molecule is CC(C)[C@H](N)C(=O)O.CC=O. The van der Waals surface area contributed by atoms with Crippen LogP contribution in [0.3, 0.4) is 0 Å². The van der Waals surface area contributed by atoms with E-state index < -0.39 is 12.0 Å². The molecular weight excluding hydrogens is 146 g/mol. The molecule has 0 aromatic heterocycles. The van der Waals surface area contributed by atoms with Crippen LogP contribution < -0.4 is 5.73 Å². The third-order valence-corrected chi connectivity index (χ3v) is 1.00. The van der Waals surface area contributed by atoms with Gasteiger partial charge in [0.25, 0.3) is 0 Å². The highest BCUT2D eigenvalue weighted by Crippen LogP contribution is 1.96. The molecule has 0 aromatic rings. The number of carboxylic acid groups (broad SMARTS) is 1. The van der Waals surface area contributed by atoms with E-state index in [1.807, 2.05) is 0 Å². The van der Waals surface area contributed by atoms with Crippen LogP contribution in [0.5, 0.6) is 0 Å². The number of aliphatic carboxylic acids is 1. The van der Waals surface area contributed by atoms with Crippen LogP contribution in [0.2, 0.25) is 0 Å². The number of rotatable bonds is 2. The normalized spacial score (nSPS) is 11.4. The average molecular weight is 161 g/mol. The van der Waals surface area contributed by atoms with Crippen LogP contribution in [0, 0.1) is 5.92 Å². The summed E-state index contributed by atoms with van der Waals surface area (Å²) in [5.74, 6) is -0.910. The van der Waals surface area contributed by atoms with Gasteiger partial charge < -0.3 is 15.6 Å². The van der Waals surface area contributed by atoms with Crippen LogP contribution in [-0.2, 0) is 9.59 Å². The van der Waals surface area contributed by atoms with E-state index in [2.05, 4.69) is 0 Å². The van der Waals surface area contributed by atoms with Crippen LogP contribution in [0.1, 0.15) is 20.8 Å². The molecule has 0 aromatic carbocycles. The van der Waals surface area contributed by atoms with E-state index in [0.29, 0.717) is 0 Å². The maximum Gasteiger partial charge on any atom is 0.320 e. The molecule has 0 amide bonds. The first kappa shape index (κ1) is 12.7. The second kappa shape index (κ2) is 7.21. The summed E-state index contributed by atoms with van der Waals surface area (Å²) in [6.07, 6.45) is 0.750. The minimum atomic E-state index is -0.931. The number of carbonyl (C=O) groups is 2. The Morgan fingerprint density at radius 2 is 1.82 bits per heavy atom. The Hall–Kier alpha value is -0.900. The fourth-order valence-corrected chi connectivity index (χ4v) is 0.285. The van der Waals surface area contributed by atoms with Crippen molar-refractivity contribution in [3.05, 3.63) is 0 Å². The summed E-state index contributed by atoms with van der Waals surface area (Å²) >= 11 is 0. The minimum Gasteiger partial charge on any atom is -0.480 e. The zero-order chi connectivity index (χ0) is 9.44. The topological polar surface area (TPSA) is 80.4 Å². The molecule has 0 radical (unpaired) electrons. The monoisotopic (exact) mass is 161 g/mol. The van der Waals surface area contributed by atoms with Gasteiger partial charge in [0.05, 0.1) is 0 Å². The number of hydrogen-bond donors (Lipinski definition) is 2. The van der Waals surface area contributed by atoms with E-state index in [1.54, 1.807) is 13.8 Å². The van der Waals surface area contributed by atoms with Gasteiger partial charge in [0.2, 0.25) is 0 Å². The lowest BCUT2D eigenvalue weighted by molar-refractivity contribution is -0.139. The third-order valence-electron chi connectivity index (χ3n) is 1.00. The second-order valence-corrected chi connectivity index (χ2v) is 2.34. The highest BCUT2D eigenvalue weighted by Gasteiger charge is 2.14. The van der Waals surface area contributed by atoms with Gasteiger partial charge >= 0.3 is 5.97 Å². The van der Waals surface area contributed by atoms with Gasteiger partial charge in [-0.25, -0.2) is 0 Å². The van der Waals surface area contributed by atoms with Crippen LogP contribution in [0.25, 0.3) is 0 Å². The molecule has 0 saturated heterocycles. The van der Waals surface area contributed by atoms with E-state index in [1.165, 1.54) is 6.92 Å². The van der Waals surface area contributed by atoms with Crippen molar-refractivity contribution in [2.24, 2.45) is 11.7 Å². The van der Waals surface area contributed by atoms with Gasteiger partial charge in [-0.3, -0.25) is 4.79 Å². The maximum absolute atomic E-state index is 10.0. The first-order valence-corrected chi connectivity index (χ1v) is 3.35. The molecule has 0 unspecified atom stereocenters. The Kier molecular flexibility index (Phi) is 8.36. The number of aldehydes is 1. The van der Waals surface area contributed by atoms with Crippen molar-refractivity contribution in [3.63, 3.8) is 0 Å². The Morgan fingerprint density at radius 1 is 1.55 bits per heavy atom. The molecule has 1 atom stereocenters. The molecular formula is C7H15NO3. The standard InChI is InChI=1S/C5H11NO2.C2H4O/c1-3(2)4(6)5(7)8;1-2-3/h3-4H,6H2,1-2H3,(H,7,8);2H,1H3/t4-;/m0./s1. The minimum absolute atomic E-state index is 0.0208. The summed E-state index contributed by atoms with van der Waals surface area (Å²) in [5, 5.41) is 8.23. The van der Waals surface area contributed by atoms with Gasteiger partial charge in [0.1, 0.15) is 12.3 Å². The van der Waals surface area contributed by atoms with Crippen LogP contribution >= 0.6 is 0 Å². The molecule has 0 bridgehead atoms. The average Bonchev–Trinajstić information content (AvgIpc) is 1.87. The molecule has 0 heterocycles. The predicted octanol–water partition coefficient (Wildman–Crippen LogP) is 0.259. The zero-order valence-electron chi connectivity index (χ0n) is 7.07. The highest BCUT2D eigenvalue weighted by molar-refractivity contribution is 5.73. The van der Waals surface area contributed by atoms with E-state index in [0.717, 1.165) is 6.29 Å².